The van der Waals surface area contributed by atoms with Gasteiger partial charge < -0.3 is 4.84 Å². The van der Waals surface area contributed by atoms with E-state index in [4.69, 9.17) is 4.84 Å². The summed E-state index contributed by atoms with van der Waals surface area (Å²) in [5.74, 6) is -0.303. The molecule has 4 nitrogen and oxygen atoms in total. The Kier molecular flexibility index (Phi) is 4.37. The molecule has 1 saturated heterocycles. The Morgan fingerprint density at radius 1 is 0.885 bits per heavy atom. The molecule has 0 bridgehead atoms. The van der Waals surface area contributed by atoms with Gasteiger partial charge in [-0.05, 0) is 35.9 Å². The third-order valence-corrected chi connectivity index (χ3v) is 4.19. The minimum absolute atomic E-state index is 0.250. The van der Waals surface area contributed by atoms with Crippen LogP contribution < -0.4 is 4.90 Å². The first-order valence-corrected chi connectivity index (χ1v) is 8.37. The third-order valence-electron chi connectivity index (χ3n) is 4.19. The van der Waals surface area contributed by atoms with Gasteiger partial charge >= 0.3 is 6.02 Å². The van der Waals surface area contributed by atoms with Crippen molar-refractivity contribution in [3.8, 4) is 0 Å². The quantitative estimate of drug-likeness (QED) is 0.675. The summed E-state index contributed by atoms with van der Waals surface area (Å²) < 4.78 is 13.9. The number of aliphatic imine (C=N–C) groups is 1. The second kappa shape index (κ2) is 6.98. The Bertz CT molecular complexity index is 915. The number of amidine groups is 1. The lowest BCUT2D eigenvalue weighted by atomic mass is 10.1. The number of para-hydroxylation sites is 1. The van der Waals surface area contributed by atoms with Crippen LogP contribution in [0.2, 0.25) is 0 Å². The highest BCUT2D eigenvalue weighted by molar-refractivity contribution is 5.95. The lowest BCUT2D eigenvalue weighted by molar-refractivity contribution is -0.0493. The van der Waals surface area contributed by atoms with E-state index in [1.54, 1.807) is 11.1 Å². The highest BCUT2D eigenvalue weighted by atomic mass is 19.1. The minimum Gasteiger partial charge on any atom is -0.365 e. The molecule has 4 rings (SSSR count). The van der Waals surface area contributed by atoms with E-state index in [1.165, 1.54) is 12.1 Å². The van der Waals surface area contributed by atoms with E-state index in [0.29, 0.717) is 11.7 Å². The minimum atomic E-state index is -0.303. The highest BCUT2D eigenvalue weighted by Gasteiger charge is 2.39. The summed E-state index contributed by atoms with van der Waals surface area (Å²) in [5, 5.41) is 1.72. The average Bonchev–Trinajstić information content (AvgIpc) is 2.99. The first kappa shape index (κ1) is 16.3. The zero-order valence-corrected chi connectivity index (χ0v) is 14.3. The Labute approximate surface area is 151 Å². The Morgan fingerprint density at radius 3 is 2.27 bits per heavy atom. The van der Waals surface area contributed by atoms with Gasteiger partial charge in [0.2, 0.25) is 0 Å². The van der Waals surface area contributed by atoms with Crippen molar-refractivity contribution in [2.45, 2.75) is 6.17 Å². The number of halogens is 1. The largest absolute Gasteiger partial charge is 0.365 e. The monoisotopic (exact) mass is 347 g/mol. The summed E-state index contributed by atoms with van der Waals surface area (Å²) in [5.41, 5.74) is 2.47. The van der Waals surface area contributed by atoms with Gasteiger partial charge in [0.05, 0.1) is 11.4 Å². The fourth-order valence-electron chi connectivity index (χ4n) is 3.04. The number of rotatable bonds is 3. The predicted octanol–water partition coefficient (Wildman–Crippen LogP) is 4.90. The molecule has 1 aliphatic heterocycles. The molecule has 0 saturated carbocycles. The van der Waals surface area contributed by atoms with Crippen LogP contribution in [0.4, 0.5) is 15.8 Å². The molecule has 130 valence electrons. The topological polar surface area (TPSA) is 28.1 Å². The van der Waals surface area contributed by atoms with Crippen molar-refractivity contribution < 1.29 is 9.23 Å². The zero-order chi connectivity index (χ0) is 17.9. The van der Waals surface area contributed by atoms with E-state index in [0.717, 1.165) is 11.3 Å². The SMILES string of the molecule is CN1OC(=Nc2ccccc2)N(c2cccc(F)c2)[C@@H]1c1ccccc1. The van der Waals surface area contributed by atoms with Crippen LogP contribution in [0.15, 0.2) is 89.9 Å². The highest BCUT2D eigenvalue weighted by Crippen LogP contribution is 2.36. The Morgan fingerprint density at radius 2 is 1.58 bits per heavy atom. The fourth-order valence-corrected chi connectivity index (χ4v) is 3.04. The molecular formula is C21H18FN3O. The average molecular weight is 347 g/mol. The molecule has 1 aliphatic rings. The first-order valence-electron chi connectivity index (χ1n) is 8.37. The second-order valence-corrected chi connectivity index (χ2v) is 6.00. The van der Waals surface area contributed by atoms with Gasteiger partial charge in [0.25, 0.3) is 0 Å². The van der Waals surface area contributed by atoms with Gasteiger partial charge in [0.1, 0.15) is 5.82 Å². The van der Waals surface area contributed by atoms with Crippen LogP contribution >= 0.6 is 0 Å². The molecule has 0 N–H and O–H groups in total. The number of hydrogen-bond acceptors (Lipinski definition) is 3. The fraction of sp³-hybridized carbons (Fsp3) is 0.0952. The molecule has 0 amide bonds. The maximum absolute atomic E-state index is 13.9. The van der Waals surface area contributed by atoms with Crippen LogP contribution in [-0.2, 0) is 4.84 Å². The molecule has 3 aromatic rings. The second-order valence-electron chi connectivity index (χ2n) is 6.00. The van der Waals surface area contributed by atoms with E-state index in [9.17, 15) is 4.39 Å². The van der Waals surface area contributed by atoms with Crippen LogP contribution in [0.3, 0.4) is 0 Å². The van der Waals surface area contributed by atoms with Crippen LogP contribution in [0.1, 0.15) is 11.7 Å². The lowest BCUT2D eigenvalue weighted by Gasteiger charge is -2.25. The maximum atomic E-state index is 13.9. The standard InChI is InChI=1S/C21H18FN3O/c1-24-20(16-9-4-2-5-10-16)25(19-14-8-11-17(22)15-19)21(26-24)23-18-12-6-3-7-13-18/h2-15,20H,1H3/t20-/m1/s1. The molecule has 0 spiro atoms. The molecular weight excluding hydrogens is 329 g/mol. The van der Waals surface area contributed by atoms with Gasteiger partial charge in [-0.15, -0.1) is 5.06 Å². The van der Waals surface area contributed by atoms with Crippen LogP contribution in [0, 0.1) is 5.82 Å². The summed E-state index contributed by atoms with van der Waals surface area (Å²) in [4.78, 5) is 12.4. The molecule has 1 atom stereocenters. The zero-order valence-electron chi connectivity index (χ0n) is 14.3. The molecule has 3 aromatic carbocycles. The number of hydrogen-bond donors (Lipinski definition) is 0. The Balaban J connectivity index is 1.83. The molecule has 26 heavy (non-hydrogen) atoms. The number of hydroxylamine groups is 2. The number of benzene rings is 3. The predicted molar refractivity (Wildman–Crippen MR) is 100 cm³/mol. The molecule has 0 radical (unpaired) electrons. The van der Waals surface area contributed by atoms with Crippen LogP contribution in [-0.4, -0.2) is 18.1 Å². The number of anilines is 1. The van der Waals surface area contributed by atoms with Crippen LogP contribution in [0.5, 0.6) is 0 Å². The molecule has 0 aliphatic carbocycles. The van der Waals surface area contributed by atoms with Gasteiger partial charge in [-0.3, -0.25) is 4.90 Å². The summed E-state index contributed by atoms with van der Waals surface area (Å²) >= 11 is 0. The molecule has 0 unspecified atom stereocenters. The van der Waals surface area contributed by atoms with E-state index < -0.39 is 0 Å². The van der Waals surface area contributed by atoms with Gasteiger partial charge in [-0.2, -0.15) is 4.99 Å². The normalized spacial score (nSPS) is 18.9. The van der Waals surface area contributed by atoms with Crippen molar-refractivity contribution in [3.63, 3.8) is 0 Å². The van der Waals surface area contributed by atoms with Crippen LogP contribution in [0.25, 0.3) is 0 Å². The van der Waals surface area contributed by atoms with Crippen molar-refractivity contribution in [3.05, 3.63) is 96.3 Å². The van der Waals surface area contributed by atoms with Gasteiger partial charge in [-0.25, -0.2) is 4.39 Å². The molecule has 0 aromatic heterocycles. The summed E-state index contributed by atoms with van der Waals surface area (Å²) in [6.45, 7) is 0. The lowest BCUT2D eigenvalue weighted by Crippen LogP contribution is -2.30. The maximum Gasteiger partial charge on any atom is 0.319 e. The van der Waals surface area contributed by atoms with Gasteiger partial charge in [0, 0.05) is 7.05 Å². The third kappa shape index (κ3) is 3.17. The van der Waals surface area contributed by atoms with Crippen molar-refractivity contribution in [2.75, 3.05) is 11.9 Å². The van der Waals surface area contributed by atoms with E-state index >= 15 is 0 Å². The number of nitrogens with zero attached hydrogens (tertiary/aromatic N) is 3. The van der Waals surface area contributed by atoms with E-state index in [2.05, 4.69) is 4.99 Å². The van der Waals surface area contributed by atoms with Crippen molar-refractivity contribution in [2.24, 2.45) is 4.99 Å². The Hall–Kier alpha value is -3.18. The smallest absolute Gasteiger partial charge is 0.319 e. The van der Waals surface area contributed by atoms with E-state index in [-0.39, 0.29) is 12.0 Å². The summed E-state index contributed by atoms with van der Waals surface area (Å²) in [7, 11) is 1.84. The molecule has 1 heterocycles. The first-order chi connectivity index (χ1) is 12.7. The van der Waals surface area contributed by atoms with Crippen molar-refractivity contribution in [1.82, 2.24) is 5.06 Å². The van der Waals surface area contributed by atoms with Crippen molar-refractivity contribution in [1.29, 1.82) is 0 Å². The van der Waals surface area contributed by atoms with Gasteiger partial charge in [0.15, 0.2) is 6.17 Å². The van der Waals surface area contributed by atoms with Crippen molar-refractivity contribution >= 4 is 17.4 Å². The van der Waals surface area contributed by atoms with E-state index in [1.807, 2.05) is 78.7 Å². The molecule has 5 heteroatoms. The summed E-state index contributed by atoms with van der Waals surface area (Å²) in [6.07, 6.45) is -0.250. The van der Waals surface area contributed by atoms with Gasteiger partial charge in [-0.1, -0.05) is 54.6 Å². The molecule has 1 fully saturated rings. The summed E-state index contributed by atoms with van der Waals surface area (Å²) in [6, 6.07) is 26.3.